The van der Waals surface area contributed by atoms with Crippen molar-refractivity contribution >= 4 is 21.6 Å². The zero-order valence-corrected chi connectivity index (χ0v) is 12.1. The van der Waals surface area contributed by atoms with Crippen LogP contribution < -0.4 is 5.32 Å². The van der Waals surface area contributed by atoms with E-state index in [0.29, 0.717) is 0 Å². The fourth-order valence-electron chi connectivity index (χ4n) is 1.60. The first-order valence-electron chi connectivity index (χ1n) is 6.40. The lowest BCUT2D eigenvalue weighted by molar-refractivity contribution is 0.139. The molecule has 0 heterocycles. The number of hydrogen-bond acceptors (Lipinski definition) is 2. The summed E-state index contributed by atoms with van der Waals surface area (Å²) >= 11 is 3.45. The standard InChI is InChI=1S/C14H22BrNO/c1-2-3-4-5-10-17-11-9-16-14-8-6-7-13(15)12-14/h6-8,12,16H,2-5,9-11H2,1H3. The van der Waals surface area contributed by atoms with Crippen molar-refractivity contribution in [3.63, 3.8) is 0 Å². The highest BCUT2D eigenvalue weighted by molar-refractivity contribution is 9.10. The molecule has 1 aromatic carbocycles. The Bertz CT molecular complexity index is 304. The topological polar surface area (TPSA) is 21.3 Å². The number of anilines is 1. The van der Waals surface area contributed by atoms with Gasteiger partial charge in [-0.15, -0.1) is 0 Å². The minimum atomic E-state index is 0.776. The molecule has 0 amide bonds. The summed E-state index contributed by atoms with van der Waals surface area (Å²) in [5.74, 6) is 0. The van der Waals surface area contributed by atoms with E-state index in [-0.39, 0.29) is 0 Å². The monoisotopic (exact) mass is 299 g/mol. The molecule has 0 saturated heterocycles. The number of hydrogen-bond donors (Lipinski definition) is 1. The van der Waals surface area contributed by atoms with Gasteiger partial charge in [0.05, 0.1) is 6.61 Å². The summed E-state index contributed by atoms with van der Waals surface area (Å²) in [6.07, 6.45) is 5.07. The van der Waals surface area contributed by atoms with Crippen LogP contribution in [-0.2, 0) is 4.74 Å². The molecule has 1 aromatic rings. The van der Waals surface area contributed by atoms with E-state index in [1.807, 2.05) is 12.1 Å². The van der Waals surface area contributed by atoms with E-state index in [1.165, 1.54) is 25.7 Å². The highest BCUT2D eigenvalue weighted by Crippen LogP contribution is 2.15. The third-order valence-electron chi connectivity index (χ3n) is 2.54. The van der Waals surface area contributed by atoms with E-state index in [1.54, 1.807) is 0 Å². The van der Waals surface area contributed by atoms with Crippen LogP contribution in [0.15, 0.2) is 28.7 Å². The van der Waals surface area contributed by atoms with Gasteiger partial charge in [0, 0.05) is 23.3 Å². The second-order valence-electron chi connectivity index (χ2n) is 4.11. The maximum absolute atomic E-state index is 5.56. The van der Waals surface area contributed by atoms with Gasteiger partial charge in [0.2, 0.25) is 0 Å². The molecule has 0 spiro atoms. The van der Waals surface area contributed by atoms with Crippen molar-refractivity contribution in [2.24, 2.45) is 0 Å². The normalized spacial score (nSPS) is 10.5. The first-order chi connectivity index (χ1) is 8.33. The van der Waals surface area contributed by atoms with Gasteiger partial charge in [-0.1, -0.05) is 48.2 Å². The SMILES string of the molecule is CCCCCCOCCNc1cccc(Br)c1. The Hall–Kier alpha value is -0.540. The van der Waals surface area contributed by atoms with Crippen molar-refractivity contribution in [2.75, 3.05) is 25.1 Å². The van der Waals surface area contributed by atoms with Crippen LogP contribution in [0.25, 0.3) is 0 Å². The average molecular weight is 300 g/mol. The second-order valence-corrected chi connectivity index (χ2v) is 5.03. The molecule has 1 N–H and O–H groups in total. The molecular weight excluding hydrogens is 278 g/mol. The van der Waals surface area contributed by atoms with Crippen LogP contribution in [0.3, 0.4) is 0 Å². The van der Waals surface area contributed by atoms with Gasteiger partial charge in [-0.3, -0.25) is 0 Å². The summed E-state index contributed by atoms with van der Waals surface area (Å²) in [5.41, 5.74) is 1.13. The number of ether oxygens (including phenoxy) is 1. The van der Waals surface area contributed by atoms with Gasteiger partial charge in [0.15, 0.2) is 0 Å². The molecule has 0 unspecified atom stereocenters. The quantitative estimate of drug-likeness (QED) is 0.680. The lowest BCUT2D eigenvalue weighted by Gasteiger charge is -2.07. The van der Waals surface area contributed by atoms with Gasteiger partial charge < -0.3 is 10.1 Å². The van der Waals surface area contributed by atoms with Crippen molar-refractivity contribution in [1.82, 2.24) is 0 Å². The van der Waals surface area contributed by atoms with Crippen LogP contribution in [0.1, 0.15) is 32.6 Å². The molecule has 0 atom stereocenters. The number of halogens is 1. The van der Waals surface area contributed by atoms with E-state index in [2.05, 4.69) is 40.3 Å². The third-order valence-corrected chi connectivity index (χ3v) is 3.04. The van der Waals surface area contributed by atoms with Crippen molar-refractivity contribution in [3.8, 4) is 0 Å². The Morgan fingerprint density at radius 1 is 1.18 bits per heavy atom. The zero-order chi connectivity index (χ0) is 12.3. The smallest absolute Gasteiger partial charge is 0.0639 e. The van der Waals surface area contributed by atoms with E-state index >= 15 is 0 Å². The number of unbranched alkanes of at least 4 members (excludes halogenated alkanes) is 3. The summed E-state index contributed by atoms with van der Waals surface area (Å²) in [5, 5.41) is 3.33. The van der Waals surface area contributed by atoms with Gasteiger partial charge in [-0.25, -0.2) is 0 Å². The van der Waals surface area contributed by atoms with Gasteiger partial charge in [-0.2, -0.15) is 0 Å². The van der Waals surface area contributed by atoms with Gasteiger partial charge in [-0.05, 0) is 24.6 Å². The maximum Gasteiger partial charge on any atom is 0.0639 e. The van der Waals surface area contributed by atoms with Crippen molar-refractivity contribution < 1.29 is 4.74 Å². The minimum Gasteiger partial charge on any atom is -0.383 e. The molecule has 0 bridgehead atoms. The van der Waals surface area contributed by atoms with Crippen molar-refractivity contribution in [3.05, 3.63) is 28.7 Å². The molecule has 1 rings (SSSR count). The molecule has 0 aliphatic carbocycles. The molecule has 0 aromatic heterocycles. The molecule has 96 valence electrons. The maximum atomic E-state index is 5.56. The summed E-state index contributed by atoms with van der Waals surface area (Å²) < 4.78 is 6.66. The van der Waals surface area contributed by atoms with Crippen LogP contribution in [-0.4, -0.2) is 19.8 Å². The van der Waals surface area contributed by atoms with Gasteiger partial charge in [0.25, 0.3) is 0 Å². The molecule has 0 aliphatic heterocycles. The van der Waals surface area contributed by atoms with E-state index in [0.717, 1.165) is 29.9 Å². The molecule has 2 nitrogen and oxygen atoms in total. The van der Waals surface area contributed by atoms with Gasteiger partial charge >= 0.3 is 0 Å². The number of nitrogens with one attached hydrogen (secondary N) is 1. The molecule has 0 radical (unpaired) electrons. The van der Waals surface area contributed by atoms with Crippen LogP contribution >= 0.6 is 15.9 Å². The molecule has 0 aliphatic rings. The fourth-order valence-corrected chi connectivity index (χ4v) is 2.00. The van der Waals surface area contributed by atoms with E-state index in [9.17, 15) is 0 Å². The number of benzene rings is 1. The Morgan fingerprint density at radius 3 is 2.82 bits per heavy atom. The van der Waals surface area contributed by atoms with E-state index in [4.69, 9.17) is 4.74 Å². The minimum absolute atomic E-state index is 0.776. The zero-order valence-electron chi connectivity index (χ0n) is 10.5. The predicted molar refractivity (Wildman–Crippen MR) is 77.6 cm³/mol. The van der Waals surface area contributed by atoms with Crippen molar-refractivity contribution in [2.45, 2.75) is 32.6 Å². The average Bonchev–Trinajstić information content (AvgIpc) is 2.33. The largest absolute Gasteiger partial charge is 0.383 e. The number of rotatable bonds is 9. The summed E-state index contributed by atoms with van der Waals surface area (Å²) in [4.78, 5) is 0. The van der Waals surface area contributed by atoms with Crippen LogP contribution in [0.5, 0.6) is 0 Å². The summed E-state index contributed by atoms with van der Waals surface area (Å²) in [6, 6.07) is 8.18. The van der Waals surface area contributed by atoms with Crippen LogP contribution in [0.2, 0.25) is 0 Å². The fraction of sp³-hybridized carbons (Fsp3) is 0.571. The predicted octanol–water partition coefficient (Wildman–Crippen LogP) is 4.46. The Balaban J connectivity index is 1.97. The first kappa shape index (κ1) is 14.5. The summed E-state index contributed by atoms with van der Waals surface area (Å²) in [7, 11) is 0. The highest BCUT2D eigenvalue weighted by atomic mass is 79.9. The van der Waals surface area contributed by atoms with E-state index < -0.39 is 0 Å². The van der Waals surface area contributed by atoms with Gasteiger partial charge in [0.1, 0.15) is 0 Å². The lowest BCUT2D eigenvalue weighted by Crippen LogP contribution is -2.09. The van der Waals surface area contributed by atoms with Crippen molar-refractivity contribution in [1.29, 1.82) is 0 Å². The van der Waals surface area contributed by atoms with Crippen LogP contribution in [0, 0.1) is 0 Å². The molecular formula is C14H22BrNO. The Kier molecular flexibility index (Phi) is 8.10. The first-order valence-corrected chi connectivity index (χ1v) is 7.19. The molecule has 0 saturated carbocycles. The Labute approximate surface area is 113 Å². The highest BCUT2D eigenvalue weighted by Gasteiger charge is 1.93. The molecule has 0 fully saturated rings. The molecule has 3 heteroatoms. The Morgan fingerprint density at radius 2 is 2.06 bits per heavy atom. The second kappa shape index (κ2) is 9.49. The summed E-state index contributed by atoms with van der Waals surface area (Å²) in [6.45, 7) is 4.76. The third kappa shape index (κ3) is 7.40. The molecule has 17 heavy (non-hydrogen) atoms. The lowest BCUT2D eigenvalue weighted by atomic mass is 10.2. The van der Waals surface area contributed by atoms with Crippen LogP contribution in [0.4, 0.5) is 5.69 Å².